The second kappa shape index (κ2) is 6.05. The summed E-state index contributed by atoms with van der Waals surface area (Å²) in [6.07, 6.45) is 0. The number of nitrogens with one attached hydrogen (secondary N) is 1. The summed E-state index contributed by atoms with van der Waals surface area (Å²) < 4.78 is 5.45. The summed E-state index contributed by atoms with van der Waals surface area (Å²) in [5, 5.41) is 9.18. The molecule has 23 heavy (non-hydrogen) atoms. The van der Waals surface area contributed by atoms with Crippen LogP contribution in [0.5, 0.6) is 6.01 Å². The number of pyridine rings is 1. The van der Waals surface area contributed by atoms with Crippen LogP contribution in [-0.4, -0.2) is 26.0 Å². The van der Waals surface area contributed by atoms with Gasteiger partial charge in [0.25, 0.3) is 5.56 Å². The molecule has 0 aliphatic carbocycles. The van der Waals surface area contributed by atoms with E-state index in [0.29, 0.717) is 0 Å². The van der Waals surface area contributed by atoms with Crippen LogP contribution in [0.4, 0.5) is 0 Å². The number of ether oxygens (including phenoxy) is 1. The lowest BCUT2D eigenvalue weighted by atomic mass is 10.2. The number of rotatable bonds is 4. The van der Waals surface area contributed by atoms with Gasteiger partial charge in [-0.1, -0.05) is 41.9 Å². The number of aromatic carboxylic acids is 1. The second-order valence-corrected chi connectivity index (χ2v) is 5.01. The smallest absolute Gasteiger partial charge is 0.341 e. The second-order valence-electron chi connectivity index (χ2n) is 4.65. The van der Waals surface area contributed by atoms with Crippen molar-refractivity contribution < 1.29 is 14.6 Å². The van der Waals surface area contributed by atoms with Gasteiger partial charge in [-0.15, -0.1) is 0 Å². The van der Waals surface area contributed by atoms with E-state index in [4.69, 9.17) is 21.4 Å². The standard InChI is InChI=1S/C15H10ClN3O4/c16-11-9-6-10(14(21)22)13(20)18-12(9)19-15(17-11)23-7-8-4-2-1-3-5-8/h1-6H,7H2,(H,21,22)(H,17,18,19,20). The Labute approximate surface area is 134 Å². The first-order valence-electron chi connectivity index (χ1n) is 6.55. The number of aromatic amines is 1. The zero-order valence-corrected chi connectivity index (χ0v) is 12.4. The summed E-state index contributed by atoms with van der Waals surface area (Å²) in [7, 11) is 0. The molecule has 0 aliphatic heterocycles. The van der Waals surface area contributed by atoms with E-state index >= 15 is 0 Å². The molecule has 0 spiro atoms. The number of benzene rings is 1. The first kappa shape index (κ1) is 15.0. The van der Waals surface area contributed by atoms with Crippen LogP contribution in [0, 0.1) is 0 Å². The van der Waals surface area contributed by atoms with Crippen molar-refractivity contribution in [1.82, 2.24) is 15.0 Å². The predicted octanol–water partition coefficient (Wildman–Crippen LogP) is 2.25. The Hall–Kier alpha value is -2.93. The predicted molar refractivity (Wildman–Crippen MR) is 82.9 cm³/mol. The molecule has 116 valence electrons. The molecule has 3 rings (SSSR count). The van der Waals surface area contributed by atoms with Crippen molar-refractivity contribution in [2.24, 2.45) is 0 Å². The van der Waals surface area contributed by atoms with Gasteiger partial charge >= 0.3 is 12.0 Å². The fraction of sp³-hybridized carbons (Fsp3) is 0.0667. The Kier molecular flexibility index (Phi) is 3.94. The maximum atomic E-state index is 11.7. The number of aromatic nitrogens is 3. The zero-order chi connectivity index (χ0) is 16.4. The molecule has 3 aromatic rings. The lowest BCUT2D eigenvalue weighted by molar-refractivity contribution is 0.0695. The van der Waals surface area contributed by atoms with Gasteiger partial charge in [-0.2, -0.15) is 9.97 Å². The van der Waals surface area contributed by atoms with Crippen LogP contribution in [0.1, 0.15) is 15.9 Å². The zero-order valence-electron chi connectivity index (χ0n) is 11.6. The number of hydrogen-bond acceptors (Lipinski definition) is 5. The summed E-state index contributed by atoms with van der Waals surface area (Å²) >= 11 is 6.03. The molecule has 0 aliphatic rings. The summed E-state index contributed by atoms with van der Waals surface area (Å²) in [6, 6.07) is 10.5. The molecule has 0 unspecified atom stereocenters. The average molecular weight is 332 g/mol. The third-order valence-electron chi connectivity index (χ3n) is 3.09. The Morgan fingerprint density at radius 3 is 2.70 bits per heavy atom. The van der Waals surface area contributed by atoms with Gasteiger partial charge in [-0.05, 0) is 11.6 Å². The van der Waals surface area contributed by atoms with Crippen molar-refractivity contribution >= 4 is 28.6 Å². The van der Waals surface area contributed by atoms with Gasteiger partial charge < -0.3 is 14.8 Å². The highest BCUT2D eigenvalue weighted by molar-refractivity contribution is 6.34. The van der Waals surface area contributed by atoms with Gasteiger partial charge in [-0.25, -0.2) is 4.79 Å². The SMILES string of the molecule is O=C(O)c1cc2c(Cl)nc(OCc3ccccc3)nc2[nH]c1=O. The normalized spacial score (nSPS) is 10.7. The van der Waals surface area contributed by atoms with Crippen LogP contribution in [0.3, 0.4) is 0 Å². The van der Waals surface area contributed by atoms with Crippen LogP contribution in [0.15, 0.2) is 41.2 Å². The minimum atomic E-state index is -1.35. The summed E-state index contributed by atoms with van der Waals surface area (Å²) in [5.41, 5.74) is -0.167. The Morgan fingerprint density at radius 2 is 2.00 bits per heavy atom. The van der Waals surface area contributed by atoms with E-state index in [0.717, 1.165) is 11.6 Å². The molecule has 7 nitrogen and oxygen atoms in total. The largest absolute Gasteiger partial charge is 0.477 e. The molecular weight excluding hydrogens is 322 g/mol. The number of nitrogens with zero attached hydrogens (tertiary/aromatic N) is 2. The van der Waals surface area contributed by atoms with Crippen molar-refractivity contribution in [3.05, 3.63) is 63.0 Å². The molecule has 0 amide bonds. The van der Waals surface area contributed by atoms with Crippen LogP contribution in [0.25, 0.3) is 11.0 Å². The van der Waals surface area contributed by atoms with E-state index in [1.807, 2.05) is 30.3 Å². The number of carboxylic acid groups (broad SMARTS) is 1. The summed E-state index contributed by atoms with van der Waals surface area (Å²) in [4.78, 5) is 33.0. The molecule has 0 atom stereocenters. The van der Waals surface area contributed by atoms with E-state index < -0.39 is 17.1 Å². The van der Waals surface area contributed by atoms with Crippen molar-refractivity contribution in [3.63, 3.8) is 0 Å². The number of carboxylic acids is 1. The van der Waals surface area contributed by atoms with E-state index in [2.05, 4.69) is 15.0 Å². The third-order valence-corrected chi connectivity index (χ3v) is 3.37. The topological polar surface area (TPSA) is 105 Å². The third kappa shape index (κ3) is 3.14. The Bertz CT molecular complexity index is 941. The van der Waals surface area contributed by atoms with Crippen LogP contribution < -0.4 is 10.3 Å². The average Bonchev–Trinajstić information content (AvgIpc) is 2.53. The minimum Gasteiger partial charge on any atom is -0.477 e. The van der Waals surface area contributed by atoms with Gasteiger partial charge in [0.1, 0.15) is 23.0 Å². The molecule has 2 aromatic heterocycles. The fourth-order valence-corrected chi connectivity index (χ4v) is 2.19. The lowest BCUT2D eigenvalue weighted by Crippen LogP contribution is -2.17. The number of halogens is 1. The van der Waals surface area contributed by atoms with E-state index in [-0.39, 0.29) is 28.8 Å². The number of carbonyl (C=O) groups is 1. The van der Waals surface area contributed by atoms with Crippen LogP contribution in [-0.2, 0) is 6.61 Å². The molecule has 0 radical (unpaired) electrons. The molecule has 8 heteroatoms. The van der Waals surface area contributed by atoms with Gasteiger partial charge in [0, 0.05) is 0 Å². The maximum absolute atomic E-state index is 11.7. The molecule has 0 saturated carbocycles. The molecule has 0 saturated heterocycles. The molecule has 0 bridgehead atoms. The molecule has 2 heterocycles. The number of H-pyrrole nitrogens is 1. The summed E-state index contributed by atoms with van der Waals surface area (Å²) in [5.74, 6) is -1.35. The van der Waals surface area contributed by atoms with Gasteiger partial charge in [-0.3, -0.25) is 4.79 Å². The monoisotopic (exact) mass is 331 g/mol. The van der Waals surface area contributed by atoms with Crippen molar-refractivity contribution in [1.29, 1.82) is 0 Å². The molecule has 2 N–H and O–H groups in total. The lowest BCUT2D eigenvalue weighted by Gasteiger charge is -2.07. The van der Waals surface area contributed by atoms with Crippen molar-refractivity contribution in [2.75, 3.05) is 0 Å². The van der Waals surface area contributed by atoms with Gasteiger partial charge in [0.05, 0.1) is 5.39 Å². The first-order chi connectivity index (χ1) is 11.0. The molecule has 1 aromatic carbocycles. The summed E-state index contributed by atoms with van der Waals surface area (Å²) in [6.45, 7) is 0.236. The quantitative estimate of drug-likeness (QED) is 0.710. The van der Waals surface area contributed by atoms with Crippen molar-refractivity contribution in [3.8, 4) is 6.01 Å². The highest BCUT2D eigenvalue weighted by atomic mass is 35.5. The van der Waals surface area contributed by atoms with Crippen LogP contribution in [0.2, 0.25) is 5.15 Å². The fourth-order valence-electron chi connectivity index (χ4n) is 1.98. The maximum Gasteiger partial charge on any atom is 0.341 e. The molecular formula is C15H10ClN3O4. The van der Waals surface area contributed by atoms with Crippen LogP contribution >= 0.6 is 11.6 Å². The Morgan fingerprint density at radius 1 is 1.26 bits per heavy atom. The first-order valence-corrected chi connectivity index (χ1v) is 6.93. The van der Waals surface area contributed by atoms with E-state index in [9.17, 15) is 9.59 Å². The highest BCUT2D eigenvalue weighted by Crippen LogP contribution is 2.21. The highest BCUT2D eigenvalue weighted by Gasteiger charge is 2.14. The number of hydrogen-bond donors (Lipinski definition) is 2. The van der Waals surface area contributed by atoms with Gasteiger partial charge in [0.15, 0.2) is 0 Å². The number of fused-ring (bicyclic) bond motifs is 1. The van der Waals surface area contributed by atoms with Gasteiger partial charge in [0.2, 0.25) is 0 Å². The van der Waals surface area contributed by atoms with E-state index in [1.165, 1.54) is 0 Å². The Balaban J connectivity index is 1.96. The minimum absolute atomic E-state index is 0.00295. The molecule has 0 fully saturated rings. The van der Waals surface area contributed by atoms with Crippen molar-refractivity contribution in [2.45, 2.75) is 6.61 Å². The van der Waals surface area contributed by atoms with E-state index in [1.54, 1.807) is 0 Å².